The summed E-state index contributed by atoms with van der Waals surface area (Å²) in [6.07, 6.45) is 1.81. The zero-order valence-corrected chi connectivity index (χ0v) is 12.0. The van der Waals surface area contributed by atoms with Crippen molar-refractivity contribution in [3.05, 3.63) is 70.5 Å². The summed E-state index contributed by atoms with van der Waals surface area (Å²) in [5, 5.41) is 3.64. The monoisotopic (exact) mass is 269 g/mol. The average Bonchev–Trinajstić information content (AvgIpc) is 2.83. The third kappa shape index (κ3) is 2.48. The molecule has 0 spiro atoms. The molecular formula is C18H20FN. The second-order valence-electron chi connectivity index (χ2n) is 5.70. The van der Waals surface area contributed by atoms with Crippen LogP contribution in [-0.4, -0.2) is 0 Å². The van der Waals surface area contributed by atoms with Gasteiger partial charge < -0.3 is 5.32 Å². The molecular weight excluding hydrogens is 249 g/mol. The van der Waals surface area contributed by atoms with Gasteiger partial charge >= 0.3 is 0 Å². The van der Waals surface area contributed by atoms with Gasteiger partial charge in [-0.1, -0.05) is 42.0 Å². The van der Waals surface area contributed by atoms with Crippen molar-refractivity contribution in [2.75, 3.05) is 0 Å². The summed E-state index contributed by atoms with van der Waals surface area (Å²) in [6.45, 7) is 4.28. The van der Waals surface area contributed by atoms with Crippen LogP contribution in [0.1, 0.15) is 47.7 Å². The van der Waals surface area contributed by atoms with Crippen molar-refractivity contribution in [2.45, 2.75) is 38.8 Å². The van der Waals surface area contributed by atoms with E-state index in [1.807, 2.05) is 12.1 Å². The number of benzene rings is 2. The Morgan fingerprint density at radius 2 is 2.00 bits per heavy atom. The van der Waals surface area contributed by atoms with Crippen molar-refractivity contribution < 1.29 is 4.39 Å². The molecule has 2 heteroatoms. The second kappa shape index (κ2) is 5.37. The highest BCUT2D eigenvalue weighted by molar-refractivity contribution is 5.36. The Morgan fingerprint density at radius 3 is 2.80 bits per heavy atom. The maximum Gasteiger partial charge on any atom is 0.126 e. The van der Waals surface area contributed by atoms with E-state index in [0.29, 0.717) is 0 Å². The minimum Gasteiger partial charge on any atom is -0.303 e. The third-order valence-corrected chi connectivity index (χ3v) is 4.21. The van der Waals surface area contributed by atoms with Crippen LogP contribution in [0, 0.1) is 12.7 Å². The fourth-order valence-electron chi connectivity index (χ4n) is 3.12. The molecule has 0 saturated carbocycles. The molecule has 1 N–H and O–H groups in total. The lowest BCUT2D eigenvalue weighted by atomic mass is 10.0. The Labute approximate surface area is 119 Å². The lowest BCUT2D eigenvalue weighted by molar-refractivity contribution is 0.465. The van der Waals surface area contributed by atoms with Gasteiger partial charge in [0.1, 0.15) is 5.82 Å². The molecule has 0 radical (unpaired) electrons. The Balaban J connectivity index is 1.79. The quantitative estimate of drug-likeness (QED) is 0.866. The summed E-state index contributed by atoms with van der Waals surface area (Å²) in [5.74, 6) is -0.0602. The van der Waals surface area contributed by atoms with Gasteiger partial charge in [0.05, 0.1) is 0 Å². The first-order valence-corrected chi connectivity index (χ1v) is 7.25. The number of rotatable bonds is 3. The van der Waals surface area contributed by atoms with Crippen LogP contribution in [0.4, 0.5) is 4.39 Å². The molecule has 1 unspecified atom stereocenters. The minimum atomic E-state index is -0.0602. The molecule has 2 atom stereocenters. The van der Waals surface area contributed by atoms with Crippen LogP contribution in [0.25, 0.3) is 0 Å². The molecule has 1 aliphatic carbocycles. The van der Waals surface area contributed by atoms with Crippen LogP contribution in [0.2, 0.25) is 0 Å². The van der Waals surface area contributed by atoms with Crippen molar-refractivity contribution in [3.8, 4) is 0 Å². The minimum absolute atomic E-state index is 0.0602. The zero-order valence-electron chi connectivity index (χ0n) is 12.0. The van der Waals surface area contributed by atoms with Gasteiger partial charge in [-0.3, -0.25) is 0 Å². The first-order chi connectivity index (χ1) is 9.65. The Kier molecular flexibility index (Phi) is 3.58. The van der Waals surface area contributed by atoms with Crippen LogP contribution >= 0.6 is 0 Å². The van der Waals surface area contributed by atoms with Gasteiger partial charge in [-0.15, -0.1) is 0 Å². The molecule has 0 aliphatic heterocycles. The molecule has 0 amide bonds. The number of halogens is 1. The molecule has 2 aromatic rings. The third-order valence-electron chi connectivity index (χ3n) is 4.21. The van der Waals surface area contributed by atoms with E-state index in [2.05, 4.69) is 43.4 Å². The molecule has 1 nitrogen and oxygen atoms in total. The van der Waals surface area contributed by atoms with Crippen LogP contribution in [0.5, 0.6) is 0 Å². The van der Waals surface area contributed by atoms with Gasteiger partial charge in [0.15, 0.2) is 0 Å². The first-order valence-electron chi connectivity index (χ1n) is 7.25. The number of hydrogen-bond donors (Lipinski definition) is 1. The molecule has 0 fully saturated rings. The van der Waals surface area contributed by atoms with Crippen LogP contribution in [0.3, 0.4) is 0 Å². The standard InChI is InChI=1S/C18H20FN/c1-12-5-3-6-14(11-12)13(2)20-18-10-9-15-16(18)7-4-8-17(15)19/h3-8,11,13,18,20H,9-10H2,1-2H3/t13-,18?/m0/s1. The molecule has 1 aliphatic rings. The lowest BCUT2D eigenvalue weighted by Crippen LogP contribution is -2.23. The van der Waals surface area contributed by atoms with E-state index in [-0.39, 0.29) is 17.9 Å². The van der Waals surface area contributed by atoms with Gasteiger partial charge in [-0.2, -0.15) is 0 Å². The van der Waals surface area contributed by atoms with Crippen molar-refractivity contribution in [2.24, 2.45) is 0 Å². The SMILES string of the molecule is Cc1cccc([C@H](C)NC2CCc3c(F)cccc32)c1. The smallest absolute Gasteiger partial charge is 0.126 e. The van der Waals surface area contributed by atoms with Gasteiger partial charge in [0.25, 0.3) is 0 Å². The molecule has 3 rings (SSSR count). The number of fused-ring (bicyclic) bond motifs is 1. The average molecular weight is 269 g/mol. The normalized spacial score (nSPS) is 18.9. The van der Waals surface area contributed by atoms with Gasteiger partial charge in [-0.05, 0) is 49.4 Å². The summed E-state index contributed by atoms with van der Waals surface area (Å²) in [4.78, 5) is 0. The van der Waals surface area contributed by atoms with Crippen molar-refractivity contribution in [1.82, 2.24) is 5.32 Å². The number of nitrogens with one attached hydrogen (secondary N) is 1. The topological polar surface area (TPSA) is 12.0 Å². The highest BCUT2D eigenvalue weighted by Gasteiger charge is 2.25. The lowest BCUT2D eigenvalue weighted by Gasteiger charge is -2.21. The predicted molar refractivity (Wildman–Crippen MR) is 80.2 cm³/mol. The van der Waals surface area contributed by atoms with E-state index in [1.165, 1.54) is 11.1 Å². The molecule has 104 valence electrons. The van der Waals surface area contributed by atoms with Crippen LogP contribution in [0.15, 0.2) is 42.5 Å². The Bertz CT molecular complexity index is 621. The molecule has 0 saturated heterocycles. The molecule has 2 aromatic carbocycles. The van der Waals surface area contributed by atoms with Crippen molar-refractivity contribution in [1.29, 1.82) is 0 Å². The highest BCUT2D eigenvalue weighted by Crippen LogP contribution is 2.34. The van der Waals surface area contributed by atoms with Crippen molar-refractivity contribution >= 4 is 0 Å². The number of aryl methyl sites for hydroxylation is 1. The first kappa shape index (κ1) is 13.3. The predicted octanol–water partition coefficient (Wildman–Crippen LogP) is 4.47. The van der Waals surface area contributed by atoms with E-state index < -0.39 is 0 Å². The Morgan fingerprint density at radius 1 is 1.20 bits per heavy atom. The summed E-state index contributed by atoms with van der Waals surface area (Å²) in [5.41, 5.74) is 4.58. The summed E-state index contributed by atoms with van der Waals surface area (Å²) < 4.78 is 13.7. The van der Waals surface area contributed by atoms with E-state index in [9.17, 15) is 4.39 Å². The fraction of sp³-hybridized carbons (Fsp3) is 0.333. The van der Waals surface area contributed by atoms with E-state index >= 15 is 0 Å². The van der Waals surface area contributed by atoms with Gasteiger partial charge in [0, 0.05) is 12.1 Å². The highest BCUT2D eigenvalue weighted by atomic mass is 19.1. The Hall–Kier alpha value is -1.67. The molecule has 0 aromatic heterocycles. The molecule has 0 heterocycles. The van der Waals surface area contributed by atoms with Crippen LogP contribution in [-0.2, 0) is 6.42 Å². The maximum atomic E-state index is 13.7. The van der Waals surface area contributed by atoms with E-state index in [1.54, 1.807) is 6.07 Å². The fourth-order valence-corrected chi connectivity index (χ4v) is 3.12. The largest absolute Gasteiger partial charge is 0.303 e. The summed E-state index contributed by atoms with van der Waals surface area (Å²) >= 11 is 0. The van der Waals surface area contributed by atoms with Crippen molar-refractivity contribution in [3.63, 3.8) is 0 Å². The van der Waals surface area contributed by atoms with Gasteiger partial charge in [0.2, 0.25) is 0 Å². The van der Waals surface area contributed by atoms with E-state index in [4.69, 9.17) is 0 Å². The number of hydrogen-bond acceptors (Lipinski definition) is 1. The maximum absolute atomic E-state index is 13.7. The van der Waals surface area contributed by atoms with Crippen LogP contribution < -0.4 is 5.32 Å². The second-order valence-corrected chi connectivity index (χ2v) is 5.70. The molecule has 20 heavy (non-hydrogen) atoms. The van der Waals surface area contributed by atoms with E-state index in [0.717, 1.165) is 24.0 Å². The molecule has 0 bridgehead atoms. The summed E-state index contributed by atoms with van der Waals surface area (Å²) in [6, 6.07) is 14.5. The summed E-state index contributed by atoms with van der Waals surface area (Å²) in [7, 11) is 0. The zero-order chi connectivity index (χ0) is 14.1. The van der Waals surface area contributed by atoms with Gasteiger partial charge in [-0.25, -0.2) is 4.39 Å².